The van der Waals surface area contributed by atoms with Crippen LogP contribution in [0.3, 0.4) is 0 Å². The Hall–Kier alpha value is -1.38. The Morgan fingerprint density at radius 3 is 2.18 bits per heavy atom. The Kier molecular flexibility index (Phi) is 5.13. The topological polar surface area (TPSA) is 37.3 Å². The first-order valence-electron chi connectivity index (χ1n) is 6.05. The molecule has 1 N–H and O–H groups in total. The molecule has 0 spiro atoms. The lowest BCUT2D eigenvalue weighted by Gasteiger charge is -2.24. The summed E-state index contributed by atoms with van der Waals surface area (Å²) in [6.45, 7) is 4.12. The van der Waals surface area contributed by atoms with Crippen molar-refractivity contribution in [2.75, 3.05) is 0 Å². The first-order valence-corrected chi connectivity index (χ1v) is 6.05. The number of hydrogen-bond acceptors (Lipinski definition) is 1. The minimum Gasteiger partial charge on any atom is -0.481 e. The van der Waals surface area contributed by atoms with Gasteiger partial charge < -0.3 is 5.11 Å². The second-order valence-corrected chi connectivity index (χ2v) is 4.33. The minimum atomic E-state index is -0.800. The van der Waals surface area contributed by atoms with Gasteiger partial charge in [-0.25, -0.2) is 4.39 Å². The van der Waals surface area contributed by atoms with Gasteiger partial charge in [-0.05, 0) is 29.5 Å². The van der Waals surface area contributed by atoms with E-state index in [1.807, 2.05) is 0 Å². The predicted molar refractivity (Wildman–Crippen MR) is 65.5 cm³/mol. The second-order valence-electron chi connectivity index (χ2n) is 4.33. The zero-order valence-electron chi connectivity index (χ0n) is 10.3. The lowest BCUT2D eigenvalue weighted by atomic mass is 9.80. The molecule has 1 aromatic carbocycles. The molecule has 1 aromatic rings. The number of benzene rings is 1. The van der Waals surface area contributed by atoms with Gasteiger partial charge in [0.25, 0.3) is 0 Å². The third-order valence-electron chi connectivity index (χ3n) is 3.31. The van der Waals surface area contributed by atoms with E-state index < -0.39 is 5.97 Å². The van der Waals surface area contributed by atoms with Crippen molar-refractivity contribution in [3.05, 3.63) is 35.6 Å². The van der Waals surface area contributed by atoms with Gasteiger partial charge >= 0.3 is 5.97 Å². The van der Waals surface area contributed by atoms with Crippen LogP contribution in [0.4, 0.5) is 4.39 Å². The Morgan fingerprint density at radius 2 is 1.76 bits per heavy atom. The van der Waals surface area contributed by atoms with Crippen molar-refractivity contribution in [3.8, 4) is 0 Å². The molecule has 3 heteroatoms. The molecule has 1 atom stereocenters. The van der Waals surface area contributed by atoms with Crippen LogP contribution in [-0.4, -0.2) is 11.1 Å². The number of halogens is 1. The molecule has 1 rings (SSSR count). The van der Waals surface area contributed by atoms with E-state index in [9.17, 15) is 9.18 Å². The molecule has 0 amide bonds. The fourth-order valence-corrected chi connectivity index (χ4v) is 2.31. The molecule has 0 aliphatic heterocycles. The maximum Gasteiger partial charge on any atom is 0.303 e. The van der Waals surface area contributed by atoms with E-state index in [0.29, 0.717) is 5.92 Å². The Bertz CT molecular complexity index is 355. The molecule has 94 valence electrons. The molecule has 0 bridgehead atoms. The van der Waals surface area contributed by atoms with Crippen LogP contribution >= 0.6 is 0 Å². The first kappa shape index (κ1) is 13.7. The zero-order chi connectivity index (χ0) is 12.8. The van der Waals surface area contributed by atoms with Crippen LogP contribution in [0.15, 0.2) is 24.3 Å². The summed E-state index contributed by atoms with van der Waals surface area (Å²) in [4.78, 5) is 10.9. The molecular formula is C14H19FO2. The largest absolute Gasteiger partial charge is 0.481 e. The number of aliphatic carboxylic acids is 1. The first-order chi connectivity index (χ1) is 8.08. The van der Waals surface area contributed by atoms with Gasteiger partial charge in [-0.1, -0.05) is 38.8 Å². The Balaban J connectivity index is 2.96. The van der Waals surface area contributed by atoms with Crippen LogP contribution in [0.2, 0.25) is 0 Å². The highest BCUT2D eigenvalue weighted by Gasteiger charge is 2.23. The van der Waals surface area contributed by atoms with Gasteiger partial charge in [0, 0.05) is 0 Å². The van der Waals surface area contributed by atoms with Gasteiger partial charge in [0.15, 0.2) is 0 Å². The molecule has 2 nitrogen and oxygen atoms in total. The van der Waals surface area contributed by atoms with Crippen molar-refractivity contribution >= 4 is 5.97 Å². The van der Waals surface area contributed by atoms with E-state index in [1.165, 1.54) is 12.1 Å². The third-order valence-corrected chi connectivity index (χ3v) is 3.31. The standard InChI is InChI=1S/C14H19FO2/c1-3-10(4-2)13(9-14(16)17)11-5-7-12(15)8-6-11/h5-8,10,13H,3-4,9H2,1-2H3,(H,16,17)/t13-/m1/s1. The molecule has 0 aliphatic carbocycles. The smallest absolute Gasteiger partial charge is 0.303 e. The lowest BCUT2D eigenvalue weighted by Crippen LogP contribution is -2.15. The van der Waals surface area contributed by atoms with E-state index in [2.05, 4.69) is 13.8 Å². The summed E-state index contributed by atoms with van der Waals surface area (Å²) in [7, 11) is 0. The summed E-state index contributed by atoms with van der Waals surface area (Å²) >= 11 is 0. The summed E-state index contributed by atoms with van der Waals surface area (Å²) in [6, 6.07) is 6.18. The van der Waals surface area contributed by atoms with Gasteiger partial charge in [0.1, 0.15) is 5.82 Å². The van der Waals surface area contributed by atoms with Crippen molar-refractivity contribution in [1.29, 1.82) is 0 Å². The van der Waals surface area contributed by atoms with Gasteiger partial charge in [-0.15, -0.1) is 0 Å². The average Bonchev–Trinajstić information content (AvgIpc) is 2.30. The molecular weight excluding hydrogens is 219 g/mol. The fourth-order valence-electron chi connectivity index (χ4n) is 2.31. The minimum absolute atomic E-state index is 0.0249. The average molecular weight is 238 g/mol. The third kappa shape index (κ3) is 3.84. The molecule has 17 heavy (non-hydrogen) atoms. The summed E-state index contributed by atoms with van der Waals surface area (Å²) in [6.07, 6.45) is 1.98. The highest BCUT2D eigenvalue weighted by molar-refractivity contribution is 5.68. The van der Waals surface area contributed by atoms with Crippen LogP contribution in [0.25, 0.3) is 0 Å². The number of rotatable bonds is 6. The number of carboxylic acids is 1. The summed E-state index contributed by atoms with van der Waals surface area (Å²) < 4.78 is 12.9. The Morgan fingerprint density at radius 1 is 1.24 bits per heavy atom. The Labute approximate surface area is 101 Å². The van der Waals surface area contributed by atoms with Crippen molar-refractivity contribution in [2.24, 2.45) is 5.92 Å². The molecule has 0 saturated carbocycles. The van der Waals surface area contributed by atoms with Gasteiger partial charge in [0.05, 0.1) is 6.42 Å². The molecule has 0 aromatic heterocycles. The second kappa shape index (κ2) is 6.38. The lowest BCUT2D eigenvalue weighted by molar-refractivity contribution is -0.137. The van der Waals surface area contributed by atoms with E-state index in [1.54, 1.807) is 12.1 Å². The highest BCUT2D eigenvalue weighted by atomic mass is 19.1. The van der Waals surface area contributed by atoms with Crippen LogP contribution in [0.5, 0.6) is 0 Å². The summed E-state index contributed by atoms with van der Waals surface area (Å²) in [5.41, 5.74) is 0.919. The monoisotopic (exact) mass is 238 g/mol. The summed E-state index contributed by atoms with van der Waals surface area (Å²) in [5.74, 6) is -0.779. The molecule has 0 radical (unpaired) electrons. The van der Waals surface area contributed by atoms with Gasteiger partial charge in [-0.3, -0.25) is 4.79 Å². The molecule has 0 fully saturated rings. The molecule has 0 aliphatic rings. The summed E-state index contributed by atoms with van der Waals surface area (Å²) in [5, 5.41) is 8.97. The SMILES string of the molecule is CCC(CC)[C@@H](CC(=O)O)c1ccc(F)cc1. The van der Waals surface area contributed by atoms with Gasteiger partial charge in [-0.2, -0.15) is 0 Å². The number of carbonyl (C=O) groups is 1. The zero-order valence-corrected chi connectivity index (χ0v) is 10.3. The van der Waals surface area contributed by atoms with E-state index in [4.69, 9.17) is 5.11 Å². The fraction of sp³-hybridized carbons (Fsp3) is 0.500. The molecule has 0 heterocycles. The molecule has 0 unspecified atom stereocenters. The van der Waals surface area contributed by atoms with Crippen LogP contribution in [-0.2, 0) is 4.79 Å². The maximum atomic E-state index is 12.9. The molecule has 0 saturated heterocycles. The quantitative estimate of drug-likeness (QED) is 0.818. The van der Waals surface area contributed by atoms with Crippen molar-refractivity contribution in [1.82, 2.24) is 0 Å². The van der Waals surface area contributed by atoms with E-state index in [-0.39, 0.29) is 18.2 Å². The number of carboxylic acid groups (broad SMARTS) is 1. The van der Waals surface area contributed by atoms with Crippen LogP contribution in [0.1, 0.15) is 44.6 Å². The van der Waals surface area contributed by atoms with Crippen LogP contribution in [0, 0.1) is 11.7 Å². The maximum absolute atomic E-state index is 12.9. The van der Waals surface area contributed by atoms with Gasteiger partial charge in [0.2, 0.25) is 0 Å². The van der Waals surface area contributed by atoms with Crippen molar-refractivity contribution in [3.63, 3.8) is 0 Å². The van der Waals surface area contributed by atoms with Crippen LogP contribution < -0.4 is 0 Å². The normalized spacial score (nSPS) is 12.7. The van der Waals surface area contributed by atoms with Crippen molar-refractivity contribution < 1.29 is 14.3 Å². The van der Waals surface area contributed by atoms with E-state index in [0.717, 1.165) is 18.4 Å². The number of hydrogen-bond donors (Lipinski definition) is 1. The predicted octanol–water partition coefficient (Wildman–Crippen LogP) is 3.82. The van der Waals surface area contributed by atoms with E-state index >= 15 is 0 Å². The highest BCUT2D eigenvalue weighted by Crippen LogP contribution is 2.32. The van der Waals surface area contributed by atoms with Crippen molar-refractivity contribution in [2.45, 2.75) is 39.0 Å².